The molecule has 9 heteroatoms. The molecule has 1 fully saturated rings. The number of imide groups is 1. The zero-order valence-electron chi connectivity index (χ0n) is 21.6. The highest BCUT2D eigenvalue weighted by molar-refractivity contribution is 9.10. The lowest BCUT2D eigenvalue weighted by Crippen LogP contribution is -2.59. The van der Waals surface area contributed by atoms with Crippen molar-refractivity contribution >= 4 is 39.7 Å². The van der Waals surface area contributed by atoms with Crippen molar-refractivity contribution in [2.45, 2.75) is 64.5 Å². The second kappa shape index (κ2) is 11.0. The number of esters is 1. The number of carbonyl (C=O) groups is 4. The van der Waals surface area contributed by atoms with Gasteiger partial charge in [0.15, 0.2) is 5.41 Å². The fourth-order valence-electron chi connectivity index (χ4n) is 5.74. The average molecular weight is 588 g/mol. The molecule has 0 radical (unpaired) electrons. The van der Waals surface area contributed by atoms with E-state index < -0.39 is 54.1 Å². The van der Waals surface area contributed by atoms with Gasteiger partial charge >= 0.3 is 11.9 Å². The first kappa shape index (κ1) is 28.0. The number of benzene rings is 2. The van der Waals surface area contributed by atoms with Gasteiger partial charge in [0.25, 0.3) is 11.8 Å². The van der Waals surface area contributed by atoms with Crippen LogP contribution in [0, 0.1) is 23.6 Å². The number of nitrogens with zero attached hydrogens (tertiary/aromatic N) is 1. The molecule has 0 saturated heterocycles. The van der Waals surface area contributed by atoms with Crippen LogP contribution >= 0.6 is 15.9 Å². The maximum atomic E-state index is 14.7. The van der Waals surface area contributed by atoms with Crippen LogP contribution in [0.25, 0.3) is 0 Å². The molecule has 1 aliphatic heterocycles. The summed E-state index contributed by atoms with van der Waals surface area (Å²) >= 11 is 3.18. The van der Waals surface area contributed by atoms with Crippen molar-refractivity contribution in [2.75, 3.05) is 0 Å². The largest absolute Gasteiger partial charge is 0.481 e. The molecule has 2 aromatic rings. The fraction of sp³-hybridized carbons (Fsp3) is 0.448. The van der Waals surface area contributed by atoms with Gasteiger partial charge in [0.2, 0.25) is 0 Å². The number of hydrogen-bond donors (Lipinski definition) is 1. The van der Waals surface area contributed by atoms with E-state index in [0.717, 1.165) is 17.7 Å². The number of carbonyl (C=O) groups excluding carboxylic acids is 3. The Morgan fingerprint density at radius 1 is 1.18 bits per heavy atom. The highest BCUT2D eigenvalue weighted by Crippen LogP contribution is 2.42. The Hall–Kier alpha value is -3.07. The molecule has 7 nitrogen and oxygen atoms in total. The Morgan fingerprint density at radius 3 is 2.55 bits per heavy atom. The van der Waals surface area contributed by atoms with Gasteiger partial charge in [-0.2, -0.15) is 0 Å². The zero-order chi connectivity index (χ0) is 27.8. The highest BCUT2D eigenvalue weighted by Gasteiger charge is 2.59. The van der Waals surface area contributed by atoms with E-state index in [1.807, 2.05) is 13.8 Å². The highest BCUT2D eigenvalue weighted by atomic mass is 79.9. The van der Waals surface area contributed by atoms with Crippen LogP contribution in [0.1, 0.15) is 67.9 Å². The number of fused-ring (bicyclic) bond motifs is 1. The van der Waals surface area contributed by atoms with Crippen LogP contribution in [0.5, 0.6) is 0 Å². The minimum absolute atomic E-state index is 0.000108. The molecule has 202 valence electrons. The summed E-state index contributed by atoms with van der Waals surface area (Å²) in [6.07, 6.45) is 1.04. The lowest BCUT2D eigenvalue weighted by Gasteiger charge is -2.42. The van der Waals surface area contributed by atoms with Crippen molar-refractivity contribution in [3.05, 3.63) is 69.4 Å². The second-order valence-corrected chi connectivity index (χ2v) is 11.6. The van der Waals surface area contributed by atoms with Gasteiger partial charge in [-0.15, -0.1) is 0 Å². The van der Waals surface area contributed by atoms with E-state index in [1.165, 1.54) is 24.3 Å². The summed E-state index contributed by atoms with van der Waals surface area (Å²) in [4.78, 5) is 54.6. The van der Waals surface area contributed by atoms with E-state index in [9.17, 15) is 28.7 Å². The maximum Gasteiger partial charge on any atom is 0.327 e. The van der Waals surface area contributed by atoms with Crippen LogP contribution < -0.4 is 0 Å². The van der Waals surface area contributed by atoms with Crippen LogP contribution in [-0.4, -0.2) is 39.9 Å². The summed E-state index contributed by atoms with van der Waals surface area (Å²) in [5, 5.41) is 9.90. The molecule has 1 heterocycles. The molecule has 1 aliphatic carbocycles. The summed E-state index contributed by atoms with van der Waals surface area (Å²) in [5.74, 6) is -4.23. The van der Waals surface area contributed by atoms with E-state index in [1.54, 1.807) is 18.2 Å². The van der Waals surface area contributed by atoms with Gasteiger partial charge in [-0.1, -0.05) is 67.4 Å². The number of halogens is 2. The number of aliphatic carboxylic acids is 1. The number of hydrogen-bond acceptors (Lipinski definition) is 5. The van der Waals surface area contributed by atoms with E-state index in [0.29, 0.717) is 16.8 Å². The van der Waals surface area contributed by atoms with Crippen molar-refractivity contribution in [1.82, 2.24) is 4.90 Å². The fourth-order valence-corrected chi connectivity index (χ4v) is 6.08. The molecule has 4 atom stereocenters. The summed E-state index contributed by atoms with van der Waals surface area (Å²) < 4.78 is 21.2. The molecule has 2 aromatic carbocycles. The molecule has 4 rings (SSSR count). The summed E-state index contributed by atoms with van der Waals surface area (Å²) in [5.41, 5.74) is -2.22. The molecule has 38 heavy (non-hydrogen) atoms. The van der Waals surface area contributed by atoms with Crippen LogP contribution in [0.3, 0.4) is 0 Å². The molecule has 0 aromatic heterocycles. The average Bonchev–Trinajstić information content (AvgIpc) is 2.85. The monoisotopic (exact) mass is 587 g/mol. The smallest absolute Gasteiger partial charge is 0.327 e. The van der Waals surface area contributed by atoms with Gasteiger partial charge in [-0.3, -0.25) is 24.1 Å². The Labute approximate surface area is 229 Å². The summed E-state index contributed by atoms with van der Waals surface area (Å²) in [6.45, 7) is 5.69. The van der Waals surface area contributed by atoms with Gasteiger partial charge in [0.05, 0.1) is 13.0 Å². The predicted octanol–water partition coefficient (Wildman–Crippen LogP) is 5.49. The molecule has 4 unspecified atom stereocenters. The Morgan fingerprint density at radius 2 is 1.89 bits per heavy atom. The quantitative estimate of drug-likeness (QED) is 0.261. The minimum atomic E-state index is -2.29. The number of amides is 2. The summed E-state index contributed by atoms with van der Waals surface area (Å²) in [6, 6.07) is 10.2. The molecule has 1 saturated carbocycles. The number of carboxylic acids is 1. The van der Waals surface area contributed by atoms with Crippen LogP contribution in [0.2, 0.25) is 0 Å². The van der Waals surface area contributed by atoms with Crippen molar-refractivity contribution in [1.29, 1.82) is 0 Å². The number of ether oxygens (including phenoxy) is 1. The first-order valence-corrected chi connectivity index (χ1v) is 13.6. The molecule has 2 amide bonds. The third-order valence-corrected chi connectivity index (χ3v) is 8.29. The van der Waals surface area contributed by atoms with Crippen molar-refractivity contribution in [3.63, 3.8) is 0 Å². The van der Waals surface area contributed by atoms with Crippen LogP contribution in [0.4, 0.5) is 4.39 Å². The summed E-state index contributed by atoms with van der Waals surface area (Å²) in [7, 11) is 0. The van der Waals surface area contributed by atoms with Crippen LogP contribution in [0.15, 0.2) is 46.9 Å². The Balaban J connectivity index is 1.81. The lowest BCUT2D eigenvalue weighted by atomic mass is 9.71. The van der Waals surface area contributed by atoms with Crippen molar-refractivity contribution < 1.29 is 33.4 Å². The molecule has 0 spiro atoms. The number of rotatable bonds is 7. The standard InChI is InChI=1S/C29H31BrFNO6/c1-16(2)20-11-8-17(3)12-24(20)38-28(37)29(14-25(33)34)22-7-5-4-6-21(22)26(35)32(27(29)36)15-18-9-10-19(30)13-23(18)31/h4-7,9-10,13,16-17,20,24H,8,11-12,14-15H2,1-3H3,(H,33,34). The van der Waals surface area contributed by atoms with Gasteiger partial charge in [-0.25, -0.2) is 4.39 Å². The third kappa shape index (κ3) is 5.13. The topological polar surface area (TPSA) is 101 Å². The van der Waals surface area contributed by atoms with Crippen molar-refractivity contribution in [2.24, 2.45) is 17.8 Å². The maximum absolute atomic E-state index is 14.7. The molecule has 0 bridgehead atoms. The van der Waals surface area contributed by atoms with E-state index in [2.05, 4.69) is 22.9 Å². The number of carboxylic acid groups (broad SMARTS) is 1. The van der Waals surface area contributed by atoms with Gasteiger partial charge < -0.3 is 9.84 Å². The normalized spacial score (nSPS) is 25.3. The van der Waals surface area contributed by atoms with E-state index in [4.69, 9.17) is 4.74 Å². The first-order chi connectivity index (χ1) is 18.0. The lowest BCUT2D eigenvalue weighted by molar-refractivity contribution is -0.171. The third-order valence-electron chi connectivity index (χ3n) is 7.80. The first-order valence-electron chi connectivity index (χ1n) is 12.8. The van der Waals surface area contributed by atoms with Gasteiger partial charge in [-0.05, 0) is 54.4 Å². The molecule has 1 N–H and O–H groups in total. The zero-order valence-corrected chi connectivity index (χ0v) is 23.2. The molecule has 2 aliphatic rings. The SMILES string of the molecule is CC1CCC(C(C)C)C(OC(=O)C2(CC(=O)O)C(=O)N(Cc3ccc(Br)cc3F)C(=O)c3ccccc32)C1. The van der Waals surface area contributed by atoms with Crippen LogP contribution in [-0.2, 0) is 31.1 Å². The van der Waals surface area contributed by atoms with Gasteiger partial charge in [0, 0.05) is 15.6 Å². The Kier molecular flexibility index (Phi) is 8.06. The minimum Gasteiger partial charge on any atom is -0.481 e. The predicted molar refractivity (Wildman–Crippen MR) is 141 cm³/mol. The Bertz CT molecular complexity index is 1280. The van der Waals surface area contributed by atoms with Crippen molar-refractivity contribution in [3.8, 4) is 0 Å². The van der Waals surface area contributed by atoms with Gasteiger partial charge in [0.1, 0.15) is 11.9 Å². The molecular weight excluding hydrogens is 557 g/mol. The second-order valence-electron chi connectivity index (χ2n) is 10.7. The van der Waals surface area contributed by atoms with E-state index in [-0.39, 0.29) is 28.5 Å². The molecular formula is C29H31BrFNO6. The van der Waals surface area contributed by atoms with E-state index >= 15 is 0 Å².